The predicted molar refractivity (Wildman–Crippen MR) is 128 cm³/mol. The van der Waals surface area contributed by atoms with Gasteiger partial charge in [0.2, 0.25) is 0 Å². The zero-order valence-corrected chi connectivity index (χ0v) is 18.9. The van der Waals surface area contributed by atoms with Gasteiger partial charge in [0.15, 0.2) is 5.82 Å². The first kappa shape index (κ1) is 21.0. The molecule has 4 rings (SSSR count). The Balaban J connectivity index is 1.57. The normalized spacial score (nSPS) is 17.9. The SMILES string of the molecule is C=C1C=CSC=C(c2nc(CC)cn2Cc2cccc(CC3CCNCC3)c2)N1C. The number of hydrogen-bond donors (Lipinski definition) is 1. The molecule has 0 radical (unpaired) electrons. The summed E-state index contributed by atoms with van der Waals surface area (Å²) >= 11 is 1.68. The highest BCUT2D eigenvalue weighted by Crippen LogP contribution is 2.29. The largest absolute Gasteiger partial charge is 0.342 e. The second-order valence-corrected chi connectivity index (χ2v) is 9.03. The number of likely N-dealkylation sites (N-methyl/N-ethyl adjacent to an activating group) is 1. The number of piperidine rings is 1. The van der Waals surface area contributed by atoms with Crippen molar-refractivity contribution < 1.29 is 0 Å². The lowest BCUT2D eigenvalue weighted by atomic mass is 9.90. The van der Waals surface area contributed by atoms with Crippen LogP contribution in [0.25, 0.3) is 5.70 Å². The molecule has 1 fully saturated rings. The molecular weight excluding hydrogens is 388 g/mol. The van der Waals surface area contributed by atoms with Crippen molar-refractivity contribution >= 4 is 17.5 Å². The van der Waals surface area contributed by atoms with Gasteiger partial charge in [0.1, 0.15) is 0 Å². The molecule has 5 heteroatoms. The Bertz CT molecular complexity index is 950. The van der Waals surface area contributed by atoms with Crippen molar-refractivity contribution in [3.63, 3.8) is 0 Å². The minimum absolute atomic E-state index is 0.803. The second kappa shape index (κ2) is 9.71. The van der Waals surface area contributed by atoms with E-state index in [0.717, 1.165) is 54.9 Å². The van der Waals surface area contributed by atoms with Gasteiger partial charge < -0.3 is 14.8 Å². The molecule has 0 bridgehead atoms. The molecule has 0 aliphatic carbocycles. The Kier molecular flexibility index (Phi) is 6.80. The number of hydrogen-bond acceptors (Lipinski definition) is 4. The monoisotopic (exact) mass is 420 g/mol. The predicted octanol–water partition coefficient (Wildman–Crippen LogP) is 5.04. The summed E-state index contributed by atoms with van der Waals surface area (Å²) in [7, 11) is 2.06. The first-order valence-electron chi connectivity index (χ1n) is 10.9. The van der Waals surface area contributed by atoms with Gasteiger partial charge in [0.25, 0.3) is 0 Å². The molecule has 158 valence electrons. The summed E-state index contributed by atoms with van der Waals surface area (Å²) < 4.78 is 2.30. The van der Waals surface area contributed by atoms with Crippen LogP contribution in [0.3, 0.4) is 0 Å². The maximum Gasteiger partial charge on any atom is 0.157 e. The number of nitrogens with one attached hydrogen (secondary N) is 1. The Morgan fingerprint density at radius 1 is 1.23 bits per heavy atom. The molecule has 1 aromatic heterocycles. The number of nitrogens with zero attached hydrogens (tertiary/aromatic N) is 3. The molecular formula is C25H32N4S. The van der Waals surface area contributed by atoms with E-state index in [1.54, 1.807) is 11.8 Å². The lowest BCUT2D eigenvalue weighted by molar-refractivity contribution is 0.372. The molecule has 1 aromatic carbocycles. The molecule has 2 aromatic rings. The molecule has 1 N–H and O–H groups in total. The van der Waals surface area contributed by atoms with Gasteiger partial charge in [-0.05, 0) is 67.3 Å². The van der Waals surface area contributed by atoms with Gasteiger partial charge in [-0.3, -0.25) is 0 Å². The van der Waals surface area contributed by atoms with Crippen molar-refractivity contribution in [1.29, 1.82) is 0 Å². The smallest absolute Gasteiger partial charge is 0.157 e. The van der Waals surface area contributed by atoms with E-state index >= 15 is 0 Å². The highest BCUT2D eigenvalue weighted by atomic mass is 32.2. The van der Waals surface area contributed by atoms with Crippen LogP contribution in [0.5, 0.6) is 0 Å². The lowest BCUT2D eigenvalue weighted by Crippen LogP contribution is -2.28. The summed E-state index contributed by atoms with van der Waals surface area (Å²) in [6.45, 7) is 9.49. The Morgan fingerprint density at radius 2 is 2.03 bits per heavy atom. The summed E-state index contributed by atoms with van der Waals surface area (Å²) in [5, 5.41) is 7.71. The van der Waals surface area contributed by atoms with Crippen LogP contribution in [0.1, 0.15) is 42.4 Å². The molecule has 0 spiro atoms. The van der Waals surface area contributed by atoms with Crippen molar-refractivity contribution in [2.75, 3.05) is 20.1 Å². The minimum atomic E-state index is 0.803. The molecule has 0 atom stereocenters. The maximum absolute atomic E-state index is 4.95. The van der Waals surface area contributed by atoms with E-state index in [4.69, 9.17) is 4.98 Å². The topological polar surface area (TPSA) is 33.1 Å². The van der Waals surface area contributed by atoms with Crippen LogP contribution in [0.4, 0.5) is 0 Å². The highest BCUT2D eigenvalue weighted by molar-refractivity contribution is 8.05. The number of benzene rings is 1. The summed E-state index contributed by atoms with van der Waals surface area (Å²) in [6, 6.07) is 9.12. The molecule has 4 nitrogen and oxygen atoms in total. The third-order valence-electron chi connectivity index (χ3n) is 6.06. The highest BCUT2D eigenvalue weighted by Gasteiger charge is 2.19. The molecule has 1 saturated heterocycles. The van der Waals surface area contributed by atoms with Crippen LogP contribution in [0.2, 0.25) is 0 Å². The van der Waals surface area contributed by atoms with E-state index in [2.05, 4.69) is 76.6 Å². The minimum Gasteiger partial charge on any atom is -0.342 e. The van der Waals surface area contributed by atoms with Crippen LogP contribution in [-0.4, -0.2) is 34.6 Å². The van der Waals surface area contributed by atoms with Crippen molar-refractivity contribution in [2.24, 2.45) is 5.92 Å². The van der Waals surface area contributed by atoms with Crippen molar-refractivity contribution in [1.82, 2.24) is 19.8 Å². The van der Waals surface area contributed by atoms with Crippen molar-refractivity contribution in [3.8, 4) is 0 Å². The Hall–Kier alpha value is -2.24. The average Bonchev–Trinajstić information content (AvgIpc) is 3.08. The van der Waals surface area contributed by atoms with Crippen molar-refractivity contribution in [3.05, 3.63) is 82.3 Å². The van der Waals surface area contributed by atoms with Gasteiger partial charge >= 0.3 is 0 Å². The number of aryl methyl sites for hydroxylation is 1. The van der Waals surface area contributed by atoms with Crippen LogP contribution in [-0.2, 0) is 19.4 Å². The summed E-state index contributed by atoms with van der Waals surface area (Å²) in [6.07, 6.45) is 8.93. The number of imidazole rings is 1. The lowest BCUT2D eigenvalue weighted by Gasteiger charge is -2.23. The fourth-order valence-corrected chi connectivity index (χ4v) is 4.91. The number of thioether (sulfide) groups is 1. The van der Waals surface area contributed by atoms with Gasteiger partial charge in [-0.15, -0.1) is 11.8 Å². The summed E-state index contributed by atoms with van der Waals surface area (Å²) in [4.78, 5) is 7.08. The number of rotatable bonds is 6. The van der Waals surface area contributed by atoms with Gasteiger partial charge in [0.05, 0.1) is 11.4 Å². The van der Waals surface area contributed by atoms with Gasteiger partial charge in [-0.1, -0.05) is 37.8 Å². The second-order valence-electron chi connectivity index (χ2n) is 8.25. The molecule has 0 saturated carbocycles. The zero-order valence-electron chi connectivity index (χ0n) is 18.1. The number of aromatic nitrogens is 2. The standard InChI is InChI=1S/C25H32N4S/c1-4-23-17-29(25(27-23)24-18-30-13-10-19(2)28(24)3)16-22-7-5-6-21(15-22)14-20-8-11-26-12-9-20/h5-7,10,13,15,17-18,20,26H,2,4,8-9,11-12,14,16H2,1,3H3. The van der Waals surface area contributed by atoms with E-state index in [0.29, 0.717) is 0 Å². The van der Waals surface area contributed by atoms with Gasteiger partial charge in [-0.2, -0.15) is 0 Å². The van der Waals surface area contributed by atoms with E-state index in [1.165, 1.54) is 30.4 Å². The van der Waals surface area contributed by atoms with E-state index in [-0.39, 0.29) is 0 Å². The Morgan fingerprint density at radius 3 is 2.83 bits per heavy atom. The molecule has 2 aliphatic rings. The first-order valence-corrected chi connectivity index (χ1v) is 11.9. The van der Waals surface area contributed by atoms with E-state index < -0.39 is 0 Å². The molecule has 0 unspecified atom stereocenters. The van der Waals surface area contributed by atoms with Gasteiger partial charge in [0, 0.05) is 30.9 Å². The quantitative estimate of drug-likeness (QED) is 0.710. The fourth-order valence-electron chi connectivity index (χ4n) is 4.21. The molecule has 30 heavy (non-hydrogen) atoms. The van der Waals surface area contributed by atoms with Crippen LogP contribution < -0.4 is 5.32 Å². The van der Waals surface area contributed by atoms with Crippen LogP contribution in [0.15, 0.2) is 59.6 Å². The third kappa shape index (κ3) is 4.90. The average molecular weight is 421 g/mol. The maximum atomic E-state index is 4.95. The Labute approximate surface area is 184 Å². The molecule has 3 heterocycles. The molecule has 2 aliphatic heterocycles. The van der Waals surface area contributed by atoms with Crippen molar-refractivity contribution in [2.45, 2.75) is 39.2 Å². The zero-order chi connectivity index (χ0) is 20.9. The fraction of sp³-hybridized carbons (Fsp3) is 0.400. The van der Waals surface area contributed by atoms with Crippen LogP contribution >= 0.6 is 11.8 Å². The summed E-state index contributed by atoms with van der Waals surface area (Å²) in [5.41, 5.74) is 5.99. The first-order chi connectivity index (χ1) is 14.6. The van der Waals surface area contributed by atoms with Gasteiger partial charge in [-0.25, -0.2) is 4.98 Å². The third-order valence-corrected chi connectivity index (χ3v) is 6.71. The van der Waals surface area contributed by atoms with E-state index in [1.807, 2.05) is 6.08 Å². The van der Waals surface area contributed by atoms with Crippen LogP contribution in [0, 0.1) is 5.92 Å². The molecule has 0 amide bonds. The van der Waals surface area contributed by atoms with E-state index in [9.17, 15) is 0 Å². The number of allylic oxidation sites excluding steroid dienone is 1. The summed E-state index contributed by atoms with van der Waals surface area (Å²) in [5.74, 6) is 1.81.